The van der Waals surface area contributed by atoms with Gasteiger partial charge in [0.2, 0.25) is 0 Å². The molecule has 6 nitrogen and oxygen atoms in total. The zero-order valence-corrected chi connectivity index (χ0v) is 26.6. The molecule has 1 atom stereocenters. The molecule has 2 heterocycles. The van der Waals surface area contributed by atoms with Crippen LogP contribution in [0.4, 0.5) is 4.39 Å². The number of methoxy groups -OCH3 is 1. The molecular formula is C30H23FI2N2O4S. The van der Waals surface area contributed by atoms with Crippen LogP contribution in [-0.2, 0) is 16.1 Å². The Morgan fingerprint density at radius 1 is 1.12 bits per heavy atom. The number of esters is 1. The molecule has 0 saturated carbocycles. The van der Waals surface area contributed by atoms with E-state index in [2.05, 4.69) is 45.2 Å². The molecule has 204 valence electrons. The molecule has 1 aliphatic rings. The Bertz CT molecular complexity index is 1800. The lowest BCUT2D eigenvalue weighted by Crippen LogP contribution is -2.40. The molecule has 1 aliphatic heterocycles. The fourth-order valence-electron chi connectivity index (χ4n) is 4.53. The van der Waals surface area contributed by atoms with Gasteiger partial charge in [0.05, 0.1) is 32.5 Å². The second-order valence-corrected chi connectivity index (χ2v) is 12.3. The van der Waals surface area contributed by atoms with Crippen LogP contribution in [0.25, 0.3) is 6.08 Å². The summed E-state index contributed by atoms with van der Waals surface area (Å²) in [6.07, 6.45) is 2.32. The number of aromatic nitrogens is 1. The molecule has 0 saturated heterocycles. The van der Waals surface area contributed by atoms with Crippen LogP contribution in [0, 0.1) is 13.0 Å². The minimum Gasteiger partial charge on any atom is -0.487 e. The Balaban J connectivity index is 1.66. The SMILES string of the molecule is CCC1=C(C(=O)OC)[C@@H](c2ccccc2)n2c(s/c(=C/c3cc(I)cc(I)c3OCc3ccc(F)cc3)c2=O)=N1. The van der Waals surface area contributed by atoms with Gasteiger partial charge in [-0.05, 0) is 93.1 Å². The van der Waals surface area contributed by atoms with Crippen LogP contribution in [0.1, 0.15) is 36.1 Å². The maximum atomic E-state index is 14.0. The van der Waals surface area contributed by atoms with E-state index in [1.54, 1.807) is 16.7 Å². The van der Waals surface area contributed by atoms with E-state index in [0.29, 0.717) is 32.8 Å². The van der Waals surface area contributed by atoms with E-state index >= 15 is 0 Å². The van der Waals surface area contributed by atoms with Crippen LogP contribution in [0.5, 0.6) is 5.75 Å². The number of halogens is 3. The number of thiazole rings is 1. The van der Waals surface area contributed by atoms with Crippen molar-refractivity contribution in [3.63, 3.8) is 0 Å². The molecule has 0 N–H and O–H groups in total. The van der Waals surface area contributed by atoms with Crippen LogP contribution in [0.2, 0.25) is 0 Å². The smallest absolute Gasteiger partial charge is 0.338 e. The molecule has 10 heteroatoms. The number of hydrogen-bond donors (Lipinski definition) is 0. The summed E-state index contributed by atoms with van der Waals surface area (Å²) >= 11 is 5.72. The van der Waals surface area contributed by atoms with Gasteiger partial charge in [-0.15, -0.1) is 0 Å². The van der Waals surface area contributed by atoms with Crippen molar-refractivity contribution in [2.24, 2.45) is 4.99 Å². The van der Waals surface area contributed by atoms with E-state index in [0.717, 1.165) is 23.8 Å². The molecule has 5 rings (SSSR count). The van der Waals surface area contributed by atoms with Gasteiger partial charge in [-0.1, -0.05) is 60.7 Å². The summed E-state index contributed by atoms with van der Waals surface area (Å²) in [7, 11) is 1.34. The quantitative estimate of drug-likeness (QED) is 0.178. The number of rotatable bonds is 7. The molecule has 0 aliphatic carbocycles. The lowest BCUT2D eigenvalue weighted by Gasteiger charge is -2.25. The van der Waals surface area contributed by atoms with E-state index in [-0.39, 0.29) is 18.0 Å². The number of hydrogen-bond acceptors (Lipinski definition) is 6. The standard InChI is InChI=1S/C30H23FI2N2O4S/c1-3-23-25(29(37)38-2)26(18-7-5-4-6-8-18)35-28(36)24(40-30(35)34-23)14-19-13-21(32)15-22(33)27(19)39-16-17-9-11-20(31)12-10-17/h4-15,26H,3,16H2,1-2H3/b24-14+/t26-/m1/s1. The molecule has 1 aromatic heterocycles. The average molecular weight is 780 g/mol. The number of carbonyl (C=O) groups is 1. The van der Waals surface area contributed by atoms with Crippen molar-refractivity contribution in [2.45, 2.75) is 26.0 Å². The van der Waals surface area contributed by atoms with E-state index in [1.807, 2.05) is 55.5 Å². The maximum Gasteiger partial charge on any atom is 0.338 e. The van der Waals surface area contributed by atoms with Crippen molar-refractivity contribution < 1.29 is 18.7 Å². The minimum absolute atomic E-state index is 0.245. The number of benzene rings is 3. The third kappa shape index (κ3) is 5.79. The normalized spacial score (nSPS) is 15.0. The highest BCUT2D eigenvalue weighted by Gasteiger charge is 2.33. The van der Waals surface area contributed by atoms with E-state index in [9.17, 15) is 14.0 Å². The van der Waals surface area contributed by atoms with E-state index in [4.69, 9.17) is 14.5 Å². The molecule has 0 bridgehead atoms. The molecule has 40 heavy (non-hydrogen) atoms. The van der Waals surface area contributed by atoms with Crippen molar-refractivity contribution in [1.82, 2.24) is 4.57 Å². The lowest BCUT2D eigenvalue weighted by molar-refractivity contribution is -0.136. The van der Waals surface area contributed by atoms with Crippen molar-refractivity contribution in [3.05, 3.63) is 127 Å². The molecule has 3 aromatic carbocycles. The van der Waals surface area contributed by atoms with E-state index in [1.165, 1.54) is 30.6 Å². The van der Waals surface area contributed by atoms with Gasteiger partial charge in [0.25, 0.3) is 5.56 Å². The predicted octanol–water partition coefficient (Wildman–Crippen LogP) is 5.73. The number of carbonyl (C=O) groups excluding carboxylic acids is 1. The first-order chi connectivity index (χ1) is 19.3. The summed E-state index contributed by atoms with van der Waals surface area (Å²) < 4.78 is 28.6. The predicted molar refractivity (Wildman–Crippen MR) is 169 cm³/mol. The second-order valence-electron chi connectivity index (χ2n) is 8.92. The Morgan fingerprint density at radius 2 is 1.85 bits per heavy atom. The summed E-state index contributed by atoms with van der Waals surface area (Å²) in [4.78, 5) is 32.2. The van der Waals surface area contributed by atoms with Gasteiger partial charge in [-0.2, -0.15) is 0 Å². The highest BCUT2D eigenvalue weighted by molar-refractivity contribution is 14.1. The summed E-state index contributed by atoms with van der Waals surface area (Å²) in [5, 5.41) is 0. The van der Waals surface area contributed by atoms with E-state index < -0.39 is 12.0 Å². The molecule has 0 amide bonds. The molecule has 0 fully saturated rings. The van der Waals surface area contributed by atoms with Crippen molar-refractivity contribution in [3.8, 4) is 5.75 Å². The average Bonchev–Trinajstić information content (AvgIpc) is 3.26. The van der Waals surface area contributed by atoms with Gasteiger partial charge in [-0.25, -0.2) is 14.2 Å². The third-order valence-corrected chi connectivity index (χ3v) is 8.79. The summed E-state index contributed by atoms with van der Waals surface area (Å²) in [6, 6.07) is 18.9. The molecule has 0 unspecified atom stereocenters. The molecule has 0 spiro atoms. The van der Waals surface area contributed by atoms with Gasteiger partial charge in [0, 0.05) is 9.13 Å². The van der Waals surface area contributed by atoms with Gasteiger partial charge in [0.15, 0.2) is 4.80 Å². The van der Waals surface area contributed by atoms with Gasteiger partial charge >= 0.3 is 5.97 Å². The number of allylic oxidation sites excluding steroid dienone is 1. The van der Waals surface area contributed by atoms with Gasteiger partial charge in [-0.3, -0.25) is 9.36 Å². The molecule has 0 radical (unpaired) electrons. The van der Waals surface area contributed by atoms with Crippen LogP contribution < -0.4 is 19.6 Å². The first kappa shape index (κ1) is 28.7. The first-order valence-electron chi connectivity index (χ1n) is 12.3. The number of fused-ring (bicyclic) bond motifs is 1. The fraction of sp³-hybridized carbons (Fsp3) is 0.167. The topological polar surface area (TPSA) is 69.9 Å². The monoisotopic (exact) mass is 780 g/mol. The van der Waals surface area contributed by atoms with Crippen LogP contribution in [0.15, 0.2) is 87.8 Å². The largest absolute Gasteiger partial charge is 0.487 e. The lowest BCUT2D eigenvalue weighted by atomic mass is 9.95. The summed E-state index contributed by atoms with van der Waals surface area (Å²) in [5.74, 6) is -0.188. The molecular weight excluding hydrogens is 757 g/mol. The highest BCUT2D eigenvalue weighted by Crippen LogP contribution is 2.32. The van der Waals surface area contributed by atoms with Gasteiger partial charge in [0.1, 0.15) is 18.2 Å². The minimum atomic E-state index is -0.660. The highest BCUT2D eigenvalue weighted by atomic mass is 127. The summed E-state index contributed by atoms with van der Waals surface area (Å²) in [6.45, 7) is 2.17. The van der Waals surface area contributed by atoms with Crippen LogP contribution in [-0.4, -0.2) is 17.6 Å². The molecule has 4 aromatic rings. The Morgan fingerprint density at radius 3 is 2.52 bits per heavy atom. The number of nitrogens with zero attached hydrogens (tertiary/aromatic N) is 2. The fourth-order valence-corrected chi connectivity index (χ4v) is 7.59. The Kier molecular flexibility index (Phi) is 8.86. The first-order valence-corrected chi connectivity index (χ1v) is 15.3. The zero-order chi connectivity index (χ0) is 28.4. The summed E-state index contributed by atoms with van der Waals surface area (Å²) in [5.41, 5.74) is 3.06. The zero-order valence-electron chi connectivity index (χ0n) is 21.5. The third-order valence-electron chi connectivity index (χ3n) is 6.39. The van der Waals surface area contributed by atoms with Crippen LogP contribution >= 0.6 is 56.5 Å². The van der Waals surface area contributed by atoms with Crippen molar-refractivity contribution in [1.29, 1.82) is 0 Å². The number of ether oxygens (including phenoxy) is 2. The maximum absolute atomic E-state index is 14.0. The van der Waals surface area contributed by atoms with Crippen LogP contribution in [0.3, 0.4) is 0 Å². The van der Waals surface area contributed by atoms with Gasteiger partial charge < -0.3 is 9.47 Å². The van der Waals surface area contributed by atoms with Crippen molar-refractivity contribution >= 4 is 68.6 Å². The second kappa shape index (κ2) is 12.4. The Hall–Kier alpha value is -2.84. The Labute approximate surface area is 261 Å². The van der Waals surface area contributed by atoms with Crippen molar-refractivity contribution in [2.75, 3.05) is 7.11 Å².